The second-order valence-corrected chi connectivity index (χ2v) is 6.99. The molecule has 0 saturated carbocycles. The number of thioether (sulfide) groups is 1. The first-order valence-electron chi connectivity index (χ1n) is 8.53. The summed E-state index contributed by atoms with van der Waals surface area (Å²) in [5, 5.41) is 5.80. The Hall–Kier alpha value is -2.73. The van der Waals surface area contributed by atoms with Gasteiger partial charge in [-0.15, -0.1) is 11.8 Å². The molecular weight excluding hydrogens is 344 g/mol. The number of carbonyl (C=O) groups is 1. The van der Waals surface area contributed by atoms with Gasteiger partial charge in [-0.25, -0.2) is 9.78 Å². The highest BCUT2D eigenvalue weighted by molar-refractivity contribution is 7.99. The number of aromatic nitrogens is 2. The van der Waals surface area contributed by atoms with E-state index in [1.54, 1.807) is 24.3 Å². The fourth-order valence-corrected chi connectivity index (χ4v) is 3.31. The van der Waals surface area contributed by atoms with E-state index >= 15 is 0 Å². The van der Waals surface area contributed by atoms with Crippen molar-refractivity contribution in [3.05, 3.63) is 84.4 Å². The van der Waals surface area contributed by atoms with Crippen molar-refractivity contribution in [2.75, 3.05) is 12.3 Å². The van der Waals surface area contributed by atoms with Crippen LogP contribution in [0.3, 0.4) is 0 Å². The maximum atomic E-state index is 11.9. The predicted octanol–water partition coefficient (Wildman–Crippen LogP) is 3.52. The van der Waals surface area contributed by atoms with Crippen LogP contribution in [0.25, 0.3) is 0 Å². The molecule has 26 heavy (non-hydrogen) atoms. The second-order valence-electron chi connectivity index (χ2n) is 5.83. The Morgan fingerprint density at radius 2 is 1.88 bits per heavy atom. The monoisotopic (exact) mass is 366 g/mol. The van der Waals surface area contributed by atoms with Crippen molar-refractivity contribution < 1.29 is 4.79 Å². The Bertz CT molecular complexity index is 806. The van der Waals surface area contributed by atoms with Gasteiger partial charge < -0.3 is 15.2 Å². The highest BCUT2D eigenvalue weighted by atomic mass is 32.2. The fourth-order valence-electron chi connectivity index (χ4n) is 2.52. The molecule has 0 saturated heterocycles. The summed E-state index contributed by atoms with van der Waals surface area (Å²) in [6.45, 7) is 1.91. The summed E-state index contributed by atoms with van der Waals surface area (Å²) in [5.41, 5.74) is 2.26. The molecule has 134 valence electrons. The number of nitrogens with one attached hydrogen (secondary N) is 2. The molecule has 3 rings (SSSR count). The SMILES string of the molecule is O=C(NCCSc1ccccc1)NCc1cccc(Cn2ccnc2)c1. The summed E-state index contributed by atoms with van der Waals surface area (Å²) in [6, 6.07) is 18.2. The lowest BCUT2D eigenvalue weighted by molar-refractivity contribution is 0.241. The van der Waals surface area contributed by atoms with Crippen LogP contribution in [0.1, 0.15) is 11.1 Å². The van der Waals surface area contributed by atoms with Gasteiger partial charge in [-0.2, -0.15) is 0 Å². The van der Waals surface area contributed by atoms with Crippen LogP contribution in [0, 0.1) is 0 Å². The minimum atomic E-state index is -0.140. The smallest absolute Gasteiger partial charge is 0.315 e. The topological polar surface area (TPSA) is 59.0 Å². The van der Waals surface area contributed by atoms with Gasteiger partial charge in [0, 0.05) is 42.7 Å². The quantitative estimate of drug-likeness (QED) is 0.474. The summed E-state index contributed by atoms with van der Waals surface area (Å²) < 4.78 is 2.02. The molecule has 0 radical (unpaired) electrons. The molecule has 2 aromatic carbocycles. The standard InChI is InChI=1S/C20H22N4OS/c25-20(22-10-12-26-19-7-2-1-3-8-19)23-14-17-5-4-6-18(13-17)15-24-11-9-21-16-24/h1-9,11,13,16H,10,12,14-15H2,(H2,22,23,25). The van der Waals surface area contributed by atoms with Crippen molar-refractivity contribution in [1.82, 2.24) is 20.2 Å². The number of hydrogen-bond donors (Lipinski definition) is 2. The van der Waals surface area contributed by atoms with E-state index in [2.05, 4.69) is 39.9 Å². The van der Waals surface area contributed by atoms with Crippen LogP contribution in [0.15, 0.2) is 78.2 Å². The lowest BCUT2D eigenvalue weighted by atomic mass is 10.1. The molecule has 3 aromatic rings. The minimum Gasteiger partial charge on any atom is -0.337 e. The van der Waals surface area contributed by atoms with Gasteiger partial charge >= 0.3 is 6.03 Å². The molecule has 1 aromatic heterocycles. The van der Waals surface area contributed by atoms with Crippen molar-refractivity contribution in [3.8, 4) is 0 Å². The average molecular weight is 366 g/mol. The van der Waals surface area contributed by atoms with Gasteiger partial charge in [0.1, 0.15) is 0 Å². The molecule has 0 atom stereocenters. The average Bonchev–Trinajstić information content (AvgIpc) is 3.18. The first-order chi connectivity index (χ1) is 12.8. The van der Waals surface area contributed by atoms with Crippen LogP contribution in [-0.2, 0) is 13.1 Å². The Morgan fingerprint density at radius 1 is 1.04 bits per heavy atom. The van der Waals surface area contributed by atoms with E-state index in [4.69, 9.17) is 0 Å². The lowest BCUT2D eigenvalue weighted by Gasteiger charge is -2.09. The zero-order valence-electron chi connectivity index (χ0n) is 14.5. The van der Waals surface area contributed by atoms with Gasteiger partial charge in [0.2, 0.25) is 0 Å². The zero-order chi connectivity index (χ0) is 18.0. The maximum absolute atomic E-state index is 11.9. The summed E-state index contributed by atoms with van der Waals surface area (Å²) in [7, 11) is 0. The molecule has 0 bridgehead atoms. The van der Waals surface area contributed by atoms with E-state index in [1.807, 2.05) is 41.1 Å². The lowest BCUT2D eigenvalue weighted by Crippen LogP contribution is -2.36. The number of benzene rings is 2. The molecule has 0 fully saturated rings. The normalized spacial score (nSPS) is 10.5. The van der Waals surface area contributed by atoms with Crippen molar-refractivity contribution in [2.24, 2.45) is 0 Å². The number of rotatable bonds is 8. The molecule has 0 spiro atoms. The molecule has 6 heteroatoms. The minimum absolute atomic E-state index is 0.140. The van der Waals surface area contributed by atoms with Crippen LogP contribution >= 0.6 is 11.8 Å². The zero-order valence-corrected chi connectivity index (χ0v) is 15.3. The van der Waals surface area contributed by atoms with Gasteiger partial charge in [-0.1, -0.05) is 42.5 Å². The Morgan fingerprint density at radius 3 is 2.69 bits per heavy atom. The molecule has 0 aliphatic rings. The molecule has 2 N–H and O–H groups in total. The molecule has 0 aliphatic carbocycles. The van der Waals surface area contributed by atoms with E-state index in [-0.39, 0.29) is 6.03 Å². The Kier molecular flexibility index (Phi) is 6.73. The third-order valence-electron chi connectivity index (χ3n) is 3.77. The summed E-state index contributed by atoms with van der Waals surface area (Å²) in [4.78, 5) is 17.2. The van der Waals surface area contributed by atoms with Crippen molar-refractivity contribution in [2.45, 2.75) is 18.0 Å². The van der Waals surface area contributed by atoms with Crippen molar-refractivity contribution in [3.63, 3.8) is 0 Å². The first kappa shape index (κ1) is 18.1. The van der Waals surface area contributed by atoms with Crippen molar-refractivity contribution in [1.29, 1.82) is 0 Å². The van der Waals surface area contributed by atoms with Crippen LogP contribution in [0.4, 0.5) is 4.79 Å². The third kappa shape index (κ3) is 5.97. The first-order valence-corrected chi connectivity index (χ1v) is 9.51. The van der Waals surface area contributed by atoms with Crippen molar-refractivity contribution >= 4 is 17.8 Å². The van der Waals surface area contributed by atoms with Gasteiger partial charge in [-0.3, -0.25) is 0 Å². The predicted molar refractivity (Wildman–Crippen MR) is 105 cm³/mol. The summed E-state index contributed by atoms with van der Waals surface area (Å²) in [6.07, 6.45) is 5.50. The number of imidazole rings is 1. The molecule has 1 heterocycles. The molecule has 0 aliphatic heterocycles. The van der Waals surface area contributed by atoms with Gasteiger partial charge in [-0.05, 0) is 23.3 Å². The highest BCUT2D eigenvalue weighted by Crippen LogP contribution is 2.15. The van der Waals surface area contributed by atoms with Gasteiger partial charge in [0.15, 0.2) is 0 Å². The molecule has 5 nitrogen and oxygen atoms in total. The van der Waals surface area contributed by atoms with Crippen LogP contribution < -0.4 is 10.6 Å². The highest BCUT2D eigenvalue weighted by Gasteiger charge is 2.02. The fraction of sp³-hybridized carbons (Fsp3) is 0.200. The van der Waals surface area contributed by atoms with Crippen LogP contribution in [0.5, 0.6) is 0 Å². The van der Waals surface area contributed by atoms with E-state index < -0.39 is 0 Å². The third-order valence-corrected chi connectivity index (χ3v) is 4.78. The van der Waals surface area contributed by atoms with E-state index in [0.29, 0.717) is 13.1 Å². The van der Waals surface area contributed by atoms with Gasteiger partial charge in [0.05, 0.1) is 6.33 Å². The second kappa shape index (κ2) is 9.68. The van der Waals surface area contributed by atoms with Gasteiger partial charge in [0.25, 0.3) is 0 Å². The number of amides is 2. The molecular formula is C20H22N4OS. The number of nitrogens with zero attached hydrogens (tertiary/aromatic N) is 2. The summed E-state index contributed by atoms with van der Waals surface area (Å²) >= 11 is 1.73. The largest absolute Gasteiger partial charge is 0.337 e. The molecule has 2 amide bonds. The van der Waals surface area contributed by atoms with E-state index in [0.717, 1.165) is 17.9 Å². The number of carbonyl (C=O) groups excluding carboxylic acids is 1. The summed E-state index contributed by atoms with van der Waals surface area (Å²) in [5.74, 6) is 0.845. The van der Waals surface area contributed by atoms with Crippen LogP contribution in [0.2, 0.25) is 0 Å². The van der Waals surface area contributed by atoms with E-state index in [9.17, 15) is 4.79 Å². The Labute approximate surface area is 157 Å². The maximum Gasteiger partial charge on any atom is 0.315 e. The van der Waals surface area contributed by atoms with Crippen LogP contribution in [-0.4, -0.2) is 27.9 Å². The Balaban J connectivity index is 1.37. The number of hydrogen-bond acceptors (Lipinski definition) is 3. The number of urea groups is 1. The molecule has 0 unspecified atom stereocenters. The van der Waals surface area contributed by atoms with E-state index in [1.165, 1.54) is 10.5 Å².